The third-order valence-corrected chi connectivity index (χ3v) is 5.89. The van der Waals surface area contributed by atoms with Crippen LogP contribution in [0.5, 0.6) is 0 Å². The third-order valence-electron chi connectivity index (χ3n) is 5.89. The Balaban J connectivity index is 1.36. The molecule has 0 aliphatic carbocycles. The molecule has 1 aliphatic rings. The molecule has 2 heterocycles. The Hall–Kier alpha value is -3.81. The zero-order chi connectivity index (χ0) is 23.4. The zero-order valence-electron chi connectivity index (χ0n) is 18.9. The van der Waals surface area contributed by atoms with E-state index in [0.717, 1.165) is 16.9 Å². The molecular formula is C25H27N5O3. The first-order chi connectivity index (χ1) is 15.9. The summed E-state index contributed by atoms with van der Waals surface area (Å²) in [5.74, 6) is -0.510. The molecule has 1 fully saturated rings. The standard InChI is InChI=1S/C25H27N5O3/c1-17-18(2)28-22-15-20(9-10-21(22)27-17)25(33)30-12-6-11-29(13-14-30)23(31)16-26-24(32)19-7-4-3-5-8-19/h3-5,7-10,15H,6,11-14,16H2,1-2H3,(H,26,32). The molecule has 1 aliphatic heterocycles. The smallest absolute Gasteiger partial charge is 0.253 e. The molecule has 1 saturated heterocycles. The molecule has 0 saturated carbocycles. The van der Waals surface area contributed by atoms with Gasteiger partial charge >= 0.3 is 0 Å². The van der Waals surface area contributed by atoms with Crippen LogP contribution in [0, 0.1) is 13.8 Å². The molecule has 0 radical (unpaired) electrons. The van der Waals surface area contributed by atoms with E-state index < -0.39 is 0 Å². The summed E-state index contributed by atoms with van der Waals surface area (Å²) >= 11 is 0. The zero-order valence-corrected chi connectivity index (χ0v) is 18.9. The summed E-state index contributed by atoms with van der Waals surface area (Å²) in [4.78, 5) is 50.5. The van der Waals surface area contributed by atoms with Gasteiger partial charge in [0.1, 0.15) is 0 Å². The normalized spacial score (nSPS) is 14.1. The predicted molar refractivity (Wildman–Crippen MR) is 125 cm³/mol. The van der Waals surface area contributed by atoms with Crippen LogP contribution in [0.3, 0.4) is 0 Å². The minimum atomic E-state index is -0.277. The van der Waals surface area contributed by atoms with Gasteiger partial charge in [0.2, 0.25) is 5.91 Å². The molecule has 4 rings (SSSR count). The Bertz CT molecular complexity index is 1200. The van der Waals surface area contributed by atoms with Gasteiger partial charge in [-0.1, -0.05) is 18.2 Å². The molecule has 1 aromatic heterocycles. The molecule has 0 spiro atoms. The van der Waals surface area contributed by atoms with Gasteiger partial charge in [-0.25, -0.2) is 9.97 Å². The second-order valence-electron chi connectivity index (χ2n) is 8.17. The van der Waals surface area contributed by atoms with Crippen molar-refractivity contribution >= 4 is 28.8 Å². The lowest BCUT2D eigenvalue weighted by Crippen LogP contribution is -2.42. The highest BCUT2D eigenvalue weighted by Gasteiger charge is 2.23. The van der Waals surface area contributed by atoms with Crippen LogP contribution in [0.4, 0.5) is 0 Å². The summed E-state index contributed by atoms with van der Waals surface area (Å²) in [6, 6.07) is 14.2. The fourth-order valence-electron chi connectivity index (χ4n) is 3.88. The van der Waals surface area contributed by atoms with Crippen molar-refractivity contribution < 1.29 is 14.4 Å². The molecular weight excluding hydrogens is 418 g/mol. The molecule has 8 nitrogen and oxygen atoms in total. The van der Waals surface area contributed by atoms with E-state index in [1.54, 1.807) is 46.2 Å². The number of hydrogen-bond acceptors (Lipinski definition) is 5. The van der Waals surface area contributed by atoms with Gasteiger partial charge in [0.25, 0.3) is 11.8 Å². The van der Waals surface area contributed by atoms with Crippen LogP contribution < -0.4 is 5.32 Å². The molecule has 0 atom stereocenters. The van der Waals surface area contributed by atoms with Gasteiger partial charge in [-0.3, -0.25) is 14.4 Å². The number of amides is 3. The van der Waals surface area contributed by atoms with Crippen LogP contribution in [0.2, 0.25) is 0 Å². The summed E-state index contributed by atoms with van der Waals surface area (Å²) in [5.41, 5.74) is 4.26. The summed E-state index contributed by atoms with van der Waals surface area (Å²) in [5, 5.41) is 2.68. The predicted octanol–water partition coefficient (Wildman–Crippen LogP) is 2.35. The van der Waals surface area contributed by atoms with Crippen LogP contribution in [0.25, 0.3) is 11.0 Å². The number of rotatable bonds is 4. The fourth-order valence-corrected chi connectivity index (χ4v) is 3.88. The van der Waals surface area contributed by atoms with Gasteiger partial charge < -0.3 is 15.1 Å². The number of aryl methyl sites for hydroxylation is 2. The highest BCUT2D eigenvalue weighted by Crippen LogP contribution is 2.17. The maximum Gasteiger partial charge on any atom is 0.253 e. The summed E-state index contributed by atoms with van der Waals surface area (Å²) < 4.78 is 0. The molecule has 3 amide bonds. The van der Waals surface area contributed by atoms with E-state index in [1.807, 2.05) is 26.0 Å². The van der Waals surface area contributed by atoms with Gasteiger partial charge in [0, 0.05) is 37.3 Å². The number of aromatic nitrogens is 2. The van der Waals surface area contributed by atoms with Gasteiger partial charge in [0.15, 0.2) is 0 Å². The Morgan fingerprint density at radius 3 is 2.24 bits per heavy atom. The number of carbonyl (C=O) groups excluding carboxylic acids is 3. The molecule has 170 valence electrons. The second kappa shape index (κ2) is 9.77. The SMILES string of the molecule is Cc1nc2ccc(C(=O)N3CCCN(C(=O)CNC(=O)c4ccccc4)CC3)cc2nc1C. The highest BCUT2D eigenvalue weighted by atomic mass is 16.2. The van der Waals surface area contributed by atoms with Crippen LogP contribution in [-0.4, -0.2) is 70.2 Å². The van der Waals surface area contributed by atoms with Gasteiger partial charge in [0.05, 0.1) is 29.0 Å². The monoisotopic (exact) mass is 445 g/mol. The molecule has 1 N–H and O–H groups in total. The van der Waals surface area contributed by atoms with Crippen molar-refractivity contribution in [2.75, 3.05) is 32.7 Å². The van der Waals surface area contributed by atoms with Gasteiger partial charge in [-0.2, -0.15) is 0 Å². The molecule has 8 heteroatoms. The topological polar surface area (TPSA) is 95.5 Å². The molecule has 0 bridgehead atoms. The average molecular weight is 446 g/mol. The van der Waals surface area contributed by atoms with Crippen molar-refractivity contribution in [1.29, 1.82) is 0 Å². The Morgan fingerprint density at radius 1 is 0.818 bits per heavy atom. The quantitative estimate of drug-likeness (QED) is 0.665. The lowest BCUT2D eigenvalue weighted by Gasteiger charge is -2.22. The van der Waals surface area contributed by atoms with Crippen molar-refractivity contribution in [3.8, 4) is 0 Å². The fraction of sp³-hybridized carbons (Fsp3) is 0.320. The molecule has 3 aromatic rings. The number of benzene rings is 2. The minimum Gasteiger partial charge on any atom is -0.343 e. The van der Waals surface area contributed by atoms with Crippen molar-refractivity contribution in [3.63, 3.8) is 0 Å². The largest absolute Gasteiger partial charge is 0.343 e. The lowest BCUT2D eigenvalue weighted by atomic mass is 10.1. The van der Waals surface area contributed by atoms with Gasteiger partial charge in [-0.05, 0) is 50.6 Å². The average Bonchev–Trinajstić information content (AvgIpc) is 3.09. The van der Waals surface area contributed by atoms with Crippen LogP contribution in [-0.2, 0) is 4.79 Å². The molecule has 2 aromatic carbocycles. The Labute approximate surface area is 192 Å². The molecule has 33 heavy (non-hydrogen) atoms. The Kier molecular flexibility index (Phi) is 6.63. The lowest BCUT2D eigenvalue weighted by molar-refractivity contribution is -0.129. The number of nitrogens with zero attached hydrogens (tertiary/aromatic N) is 4. The summed E-state index contributed by atoms with van der Waals surface area (Å²) in [6.07, 6.45) is 0.676. The van der Waals surface area contributed by atoms with E-state index >= 15 is 0 Å². The van der Waals surface area contributed by atoms with Crippen LogP contribution >= 0.6 is 0 Å². The highest BCUT2D eigenvalue weighted by molar-refractivity contribution is 5.98. The van der Waals surface area contributed by atoms with Crippen LogP contribution in [0.1, 0.15) is 38.5 Å². The third kappa shape index (κ3) is 5.16. The maximum atomic E-state index is 13.1. The van der Waals surface area contributed by atoms with Gasteiger partial charge in [-0.15, -0.1) is 0 Å². The summed E-state index contributed by atoms with van der Waals surface area (Å²) in [6.45, 7) is 5.73. The van der Waals surface area contributed by atoms with E-state index in [1.165, 1.54) is 0 Å². The second-order valence-corrected chi connectivity index (χ2v) is 8.17. The van der Waals surface area contributed by atoms with Crippen molar-refractivity contribution in [2.45, 2.75) is 20.3 Å². The van der Waals surface area contributed by atoms with E-state index in [9.17, 15) is 14.4 Å². The first-order valence-corrected chi connectivity index (χ1v) is 11.1. The van der Waals surface area contributed by atoms with E-state index in [-0.39, 0.29) is 24.3 Å². The van der Waals surface area contributed by atoms with Crippen molar-refractivity contribution in [3.05, 3.63) is 71.0 Å². The van der Waals surface area contributed by atoms with Crippen molar-refractivity contribution in [1.82, 2.24) is 25.1 Å². The first kappa shape index (κ1) is 22.4. The van der Waals surface area contributed by atoms with E-state index in [2.05, 4.69) is 15.3 Å². The first-order valence-electron chi connectivity index (χ1n) is 11.1. The maximum absolute atomic E-state index is 13.1. The van der Waals surface area contributed by atoms with E-state index in [0.29, 0.717) is 49.2 Å². The number of hydrogen-bond donors (Lipinski definition) is 1. The Morgan fingerprint density at radius 2 is 1.48 bits per heavy atom. The minimum absolute atomic E-state index is 0.0657. The summed E-state index contributed by atoms with van der Waals surface area (Å²) in [7, 11) is 0. The number of fused-ring (bicyclic) bond motifs is 1. The molecule has 0 unspecified atom stereocenters. The van der Waals surface area contributed by atoms with Crippen LogP contribution in [0.15, 0.2) is 48.5 Å². The number of carbonyl (C=O) groups is 3. The van der Waals surface area contributed by atoms with E-state index in [4.69, 9.17) is 0 Å². The number of nitrogens with one attached hydrogen (secondary N) is 1. The van der Waals surface area contributed by atoms with Crippen molar-refractivity contribution in [2.24, 2.45) is 0 Å².